The molecule has 39 heavy (non-hydrogen) atoms. The number of benzene rings is 1. The van der Waals surface area contributed by atoms with Crippen molar-refractivity contribution in [3.8, 4) is 25.7 Å². The zero-order valence-electron chi connectivity index (χ0n) is 23.4. The molecule has 2 rings (SSSR count). The molecule has 1 aromatic carbocycles. The number of hydrazone groups is 1. The second-order valence-corrected chi connectivity index (χ2v) is 8.26. The smallest absolute Gasteiger partial charge is 0.226 e. The van der Waals surface area contributed by atoms with E-state index in [4.69, 9.17) is 23.2 Å². The third-order valence-electron chi connectivity index (χ3n) is 4.80. The third kappa shape index (κ3) is 21.0. The number of nitrogens with one attached hydrogen (secondary N) is 2. The van der Waals surface area contributed by atoms with E-state index >= 15 is 0 Å². The molecule has 8 heteroatoms. The topological polar surface area (TPSA) is 56.7 Å². The highest BCUT2D eigenvalue weighted by molar-refractivity contribution is 6.43. The first-order chi connectivity index (χ1) is 18.7. The van der Waals surface area contributed by atoms with Crippen molar-refractivity contribution in [1.82, 2.24) is 15.6 Å². The van der Waals surface area contributed by atoms with E-state index in [0.29, 0.717) is 16.5 Å². The summed E-state index contributed by atoms with van der Waals surface area (Å²) in [5.41, 5.74) is 4.77. The molecular formula is C31H41Cl2FN4O. The number of amides is 1. The van der Waals surface area contributed by atoms with Gasteiger partial charge in [-0.25, -0.2) is 4.39 Å². The lowest BCUT2D eigenvalue weighted by Crippen LogP contribution is -2.28. The molecule has 0 saturated carbocycles. The number of carbonyl (C=O) groups excluding carboxylic acids is 1. The normalized spacial score (nSPS) is 13.1. The fourth-order valence-electron chi connectivity index (χ4n) is 2.73. The minimum absolute atomic E-state index is 0.178. The number of nitrogens with zero attached hydrogens (tertiary/aromatic N) is 2. The van der Waals surface area contributed by atoms with Gasteiger partial charge in [-0.3, -0.25) is 10.2 Å². The van der Waals surface area contributed by atoms with Crippen LogP contribution in [0, 0.1) is 31.5 Å². The molecule has 5 nitrogen and oxygen atoms in total. The average molecular weight is 576 g/mol. The average Bonchev–Trinajstić information content (AvgIpc) is 3.51. The zero-order chi connectivity index (χ0) is 30.6. The van der Waals surface area contributed by atoms with Crippen LogP contribution in [0.4, 0.5) is 4.39 Å². The van der Waals surface area contributed by atoms with Gasteiger partial charge in [-0.15, -0.1) is 25.7 Å². The molecule has 0 atom stereocenters. The first kappa shape index (κ1) is 39.8. The van der Waals surface area contributed by atoms with Crippen LogP contribution >= 0.6 is 23.2 Å². The van der Waals surface area contributed by atoms with Crippen LogP contribution in [0.15, 0.2) is 93.5 Å². The number of rotatable bonds is 8. The van der Waals surface area contributed by atoms with Gasteiger partial charge in [-0.2, -0.15) is 5.10 Å². The number of allylic oxidation sites excluding steroid dienone is 7. The Morgan fingerprint density at radius 3 is 1.97 bits per heavy atom. The van der Waals surface area contributed by atoms with Crippen molar-refractivity contribution in [2.75, 3.05) is 13.1 Å². The minimum Gasteiger partial charge on any atom is -0.345 e. The van der Waals surface area contributed by atoms with Gasteiger partial charge in [0.15, 0.2) is 0 Å². The van der Waals surface area contributed by atoms with Crippen LogP contribution in [0.1, 0.15) is 47.0 Å². The van der Waals surface area contributed by atoms with Crippen molar-refractivity contribution in [2.24, 2.45) is 5.10 Å². The number of hydrogen-bond acceptors (Lipinski definition) is 4. The van der Waals surface area contributed by atoms with Gasteiger partial charge in [0.1, 0.15) is 11.6 Å². The van der Waals surface area contributed by atoms with Crippen LogP contribution in [0.5, 0.6) is 0 Å². The molecule has 0 radical (unpaired) electrons. The Bertz CT molecular complexity index is 997. The summed E-state index contributed by atoms with van der Waals surface area (Å²) in [5.74, 6) is 0.802. The summed E-state index contributed by atoms with van der Waals surface area (Å²) in [7, 11) is 0. The Morgan fingerprint density at radius 1 is 1.05 bits per heavy atom. The molecule has 1 saturated heterocycles. The van der Waals surface area contributed by atoms with Crippen LogP contribution in [0.3, 0.4) is 0 Å². The molecule has 0 aliphatic carbocycles. The Hall–Kier alpha value is -3.71. The highest BCUT2D eigenvalue weighted by Crippen LogP contribution is 2.18. The van der Waals surface area contributed by atoms with E-state index in [9.17, 15) is 9.18 Å². The molecule has 1 heterocycles. The Kier molecular flexibility index (Phi) is 27.9. The maximum absolute atomic E-state index is 12.0. The van der Waals surface area contributed by atoms with Gasteiger partial charge >= 0.3 is 0 Å². The molecule has 1 amide bonds. The van der Waals surface area contributed by atoms with Crippen LogP contribution in [0.25, 0.3) is 0 Å². The predicted molar refractivity (Wildman–Crippen MR) is 168 cm³/mol. The SMILES string of the molecule is C#C.C#C.C=C/C=C(Cl)\C(Cl)=C/C.C=NN/C(=C\C)N/C(C)=C(\C)CC(=O)N1CCCC1.Fc1ccccc1. The first-order valence-electron chi connectivity index (χ1n) is 12.0. The van der Waals surface area contributed by atoms with E-state index < -0.39 is 0 Å². The van der Waals surface area contributed by atoms with Crippen molar-refractivity contribution in [1.29, 1.82) is 0 Å². The first-order valence-corrected chi connectivity index (χ1v) is 12.7. The second kappa shape index (κ2) is 27.3. The van der Waals surface area contributed by atoms with Crippen molar-refractivity contribution in [3.05, 3.63) is 94.2 Å². The summed E-state index contributed by atoms with van der Waals surface area (Å²) in [6, 6.07) is 7.94. The van der Waals surface area contributed by atoms with Gasteiger partial charge in [0.2, 0.25) is 5.91 Å². The lowest BCUT2D eigenvalue weighted by atomic mass is 10.1. The van der Waals surface area contributed by atoms with Gasteiger partial charge in [0.05, 0.1) is 10.1 Å². The van der Waals surface area contributed by atoms with E-state index in [1.54, 1.807) is 36.4 Å². The lowest BCUT2D eigenvalue weighted by Gasteiger charge is -2.17. The molecule has 0 aromatic heterocycles. The summed E-state index contributed by atoms with van der Waals surface area (Å²) in [5, 5.41) is 7.88. The van der Waals surface area contributed by atoms with E-state index in [-0.39, 0.29) is 11.7 Å². The fourth-order valence-corrected chi connectivity index (χ4v) is 2.99. The third-order valence-corrected chi connectivity index (χ3v) is 5.65. The molecule has 212 valence electrons. The Morgan fingerprint density at radius 2 is 1.59 bits per heavy atom. The van der Waals surface area contributed by atoms with Crippen molar-refractivity contribution in [3.63, 3.8) is 0 Å². The van der Waals surface area contributed by atoms with Crippen molar-refractivity contribution in [2.45, 2.75) is 47.0 Å². The van der Waals surface area contributed by atoms with Gasteiger partial charge in [-0.1, -0.05) is 60.1 Å². The number of terminal acetylenes is 2. The highest BCUT2D eigenvalue weighted by Gasteiger charge is 2.18. The summed E-state index contributed by atoms with van der Waals surface area (Å²) < 4.78 is 11.9. The summed E-state index contributed by atoms with van der Waals surface area (Å²) in [6.45, 7) is 16.3. The van der Waals surface area contributed by atoms with Gasteiger partial charge in [0, 0.05) is 31.9 Å². The van der Waals surface area contributed by atoms with Crippen LogP contribution < -0.4 is 10.7 Å². The van der Waals surface area contributed by atoms with E-state index in [2.05, 4.69) is 54.8 Å². The maximum Gasteiger partial charge on any atom is 0.226 e. The summed E-state index contributed by atoms with van der Waals surface area (Å²) in [4.78, 5) is 14.0. The van der Waals surface area contributed by atoms with E-state index in [1.807, 2.05) is 38.7 Å². The largest absolute Gasteiger partial charge is 0.345 e. The standard InChI is InChI=1S/C14H24N4O.C7H8Cl2.C6H5F.2C2H2/c1-5-13(17-15-4)16-12(3)11(2)10-14(19)18-8-6-7-9-18;1-3-5-7(9)6(8)4-2;7-6-4-2-1-3-5-6;2*1-2/h5,16-17H,4,6-10H2,1-3H3;3-5H,1H2,2H3;1-5H;2*1-2H/b12-11+,13-5-;6-4+,7-5+;;;. The van der Waals surface area contributed by atoms with Crippen LogP contribution in [-0.4, -0.2) is 30.6 Å². The number of halogens is 3. The van der Waals surface area contributed by atoms with Gasteiger partial charge in [-0.05, 0) is 70.4 Å². The van der Waals surface area contributed by atoms with E-state index in [1.165, 1.54) is 12.1 Å². The Balaban J connectivity index is -0.000000536. The summed E-state index contributed by atoms with van der Waals surface area (Å²) in [6.07, 6.45) is 25.6. The number of hydrogen-bond donors (Lipinski definition) is 2. The molecule has 0 bridgehead atoms. The van der Waals surface area contributed by atoms with Crippen LogP contribution in [0.2, 0.25) is 0 Å². The minimum atomic E-state index is -0.178. The van der Waals surface area contributed by atoms with Crippen LogP contribution in [-0.2, 0) is 4.79 Å². The zero-order valence-corrected chi connectivity index (χ0v) is 24.9. The van der Waals surface area contributed by atoms with Crippen molar-refractivity contribution < 1.29 is 9.18 Å². The maximum atomic E-state index is 12.0. The fraction of sp³-hybridized carbons (Fsp3) is 0.290. The number of carbonyl (C=O) groups is 1. The monoisotopic (exact) mass is 574 g/mol. The summed E-state index contributed by atoms with van der Waals surface area (Å²) >= 11 is 11.2. The Labute approximate surface area is 245 Å². The molecule has 1 aromatic rings. The number of likely N-dealkylation sites (tertiary alicyclic amines) is 1. The second-order valence-electron chi connectivity index (χ2n) is 7.45. The molecule has 2 N–H and O–H groups in total. The lowest BCUT2D eigenvalue weighted by molar-refractivity contribution is -0.129. The molecule has 0 unspecified atom stereocenters. The predicted octanol–water partition coefficient (Wildman–Crippen LogP) is 7.71. The molecule has 1 aliphatic heterocycles. The highest BCUT2D eigenvalue weighted by atomic mass is 35.5. The van der Waals surface area contributed by atoms with E-state index in [0.717, 1.165) is 43.0 Å². The molecule has 1 fully saturated rings. The quantitative estimate of drug-likeness (QED) is 0.145. The van der Waals surface area contributed by atoms with Crippen molar-refractivity contribution >= 4 is 35.8 Å². The molecular weight excluding hydrogens is 534 g/mol. The van der Waals surface area contributed by atoms with Gasteiger partial charge < -0.3 is 10.2 Å². The molecule has 1 aliphatic rings. The molecule has 0 spiro atoms. The van der Waals surface area contributed by atoms with Gasteiger partial charge in [0.25, 0.3) is 0 Å².